The third kappa shape index (κ3) is 1.92. The lowest BCUT2D eigenvalue weighted by atomic mass is 9.95. The van der Waals surface area contributed by atoms with Gasteiger partial charge in [0.15, 0.2) is 0 Å². The van der Waals surface area contributed by atoms with Crippen LogP contribution in [0.15, 0.2) is 24.3 Å². The Balaban J connectivity index is 2.83. The lowest BCUT2D eigenvalue weighted by molar-refractivity contribution is -0.116. The second kappa shape index (κ2) is 4.69. The largest absolute Gasteiger partial charge is 0.507 e. The number of carbonyl (C=O) groups excluding carboxylic acids is 1. The molecule has 0 atom stereocenters. The van der Waals surface area contributed by atoms with E-state index in [9.17, 15) is 9.90 Å². The van der Waals surface area contributed by atoms with Crippen molar-refractivity contribution in [1.82, 2.24) is 0 Å². The summed E-state index contributed by atoms with van der Waals surface area (Å²) in [5.74, 6) is 0.921. The molecule has 0 heterocycles. The summed E-state index contributed by atoms with van der Waals surface area (Å²) in [5, 5.41) is 11.9. The van der Waals surface area contributed by atoms with E-state index in [1.54, 1.807) is 7.11 Å². The number of benzene rings is 2. The highest BCUT2D eigenvalue weighted by Gasteiger charge is 2.17. The van der Waals surface area contributed by atoms with Crippen molar-refractivity contribution in [3.63, 3.8) is 0 Å². The van der Waals surface area contributed by atoms with E-state index in [2.05, 4.69) is 0 Å². The molecule has 0 unspecified atom stereocenters. The highest BCUT2D eigenvalue weighted by Crippen LogP contribution is 2.39. The SMILES string of the molecule is COc1c(C)c(CC(C)=O)c(O)c2ccccc12. The maximum Gasteiger partial charge on any atom is 0.134 e. The van der Waals surface area contributed by atoms with Gasteiger partial charge in [0.25, 0.3) is 0 Å². The summed E-state index contributed by atoms with van der Waals surface area (Å²) in [6, 6.07) is 7.48. The van der Waals surface area contributed by atoms with E-state index in [1.165, 1.54) is 6.92 Å². The number of hydrogen-bond acceptors (Lipinski definition) is 3. The molecule has 0 saturated heterocycles. The smallest absolute Gasteiger partial charge is 0.134 e. The highest BCUT2D eigenvalue weighted by molar-refractivity contribution is 5.97. The number of ketones is 1. The standard InChI is InChI=1S/C15H16O3/c1-9(16)8-13-10(2)15(18-3)12-7-5-4-6-11(12)14(13)17/h4-7,17H,8H2,1-3H3. The number of methoxy groups -OCH3 is 1. The van der Waals surface area contributed by atoms with Crippen molar-refractivity contribution >= 4 is 16.6 Å². The van der Waals surface area contributed by atoms with Crippen LogP contribution in [0.3, 0.4) is 0 Å². The first-order chi connectivity index (χ1) is 8.56. The van der Waals surface area contributed by atoms with E-state index in [4.69, 9.17) is 4.74 Å². The van der Waals surface area contributed by atoms with Gasteiger partial charge >= 0.3 is 0 Å². The van der Waals surface area contributed by atoms with Crippen LogP contribution in [0.1, 0.15) is 18.1 Å². The van der Waals surface area contributed by atoms with Crippen LogP contribution < -0.4 is 4.74 Å². The summed E-state index contributed by atoms with van der Waals surface area (Å²) in [6.07, 6.45) is 0.221. The molecule has 0 spiro atoms. The van der Waals surface area contributed by atoms with E-state index in [0.717, 1.165) is 22.1 Å². The van der Waals surface area contributed by atoms with Gasteiger partial charge in [-0.2, -0.15) is 0 Å². The van der Waals surface area contributed by atoms with Crippen molar-refractivity contribution in [3.05, 3.63) is 35.4 Å². The van der Waals surface area contributed by atoms with E-state index >= 15 is 0 Å². The van der Waals surface area contributed by atoms with Crippen LogP contribution in [0.25, 0.3) is 10.8 Å². The molecule has 0 amide bonds. The van der Waals surface area contributed by atoms with Crippen LogP contribution in [0.4, 0.5) is 0 Å². The summed E-state index contributed by atoms with van der Waals surface area (Å²) < 4.78 is 5.41. The molecular weight excluding hydrogens is 228 g/mol. The van der Waals surface area contributed by atoms with E-state index in [0.29, 0.717) is 5.56 Å². The number of phenols is 1. The van der Waals surface area contributed by atoms with Crippen molar-refractivity contribution in [2.45, 2.75) is 20.3 Å². The zero-order valence-corrected chi connectivity index (χ0v) is 10.8. The van der Waals surface area contributed by atoms with Gasteiger partial charge in [-0.25, -0.2) is 0 Å². The Hall–Kier alpha value is -2.03. The molecule has 3 nitrogen and oxygen atoms in total. The molecule has 94 valence electrons. The monoisotopic (exact) mass is 244 g/mol. The van der Waals surface area contributed by atoms with Crippen LogP contribution in [0, 0.1) is 6.92 Å². The Kier molecular flexibility index (Phi) is 3.24. The van der Waals surface area contributed by atoms with Gasteiger partial charge in [0.2, 0.25) is 0 Å². The highest BCUT2D eigenvalue weighted by atomic mass is 16.5. The minimum Gasteiger partial charge on any atom is -0.507 e. The first-order valence-corrected chi connectivity index (χ1v) is 5.82. The third-order valence-corrected chi connectivity index (χ3v) is 3.14. The van der Waals surface area contributed by atoms with Gasteiger partial charge in [-0.3, -0.25) is 4.79 Å². The number of phenolic OH excluding ortho intramolecular Hbond substituents is 1. The average Bonchev–Trinajstić information content (AvgIpc) is 2.35. The maximum absolute atomic E-state index is 11.3. The Labute approximate surface area is 106 Å². The van der Waals surface area contributed by atoms with Gasteiger partial charge in [0.1, 0.15) is 17.3 Å². The predicted octanol–water partition coefficient (Wildman–Crippen LogP) is 2.99. The second-order valence-electron chi connectivity index (χ2n) is 4.41. The van der Waals surface area contributed by atoms with Gasteiger partial charge in [-0.1, -0.05) is 24.3 Å². The molecule has 0 aliphatic heterocycles. The molecular formula is C15H16O3. The zero-order valence-electron chi connectivity index (χ0n) is 10.8. The molecule has 1 N–H and O–H groups in total. The lowest BCUT2D eigenvalue weighted by Crippen LogP contribution is -2.02. The maximum atomic E-state index is 11.3. The minimum atomic E-state index is 0.0192. The molecule has 18 heavy (non-hydrogen) atoms. The van der Waals surface area contributed by atoms with Crippen molar-refractivity contribution in [1.29, 1.82) is 0 Å². The van der Waals surface area contributed by atoms with E-state index < -0.39 is 0 Å². The second-order valence-corrected chi connectivity index (χ2v) is 4.41. The summed E-state index contributed by atoms with van der Waals surface area (Å²) in [5.41, 5.74) is 1.47. The summed E-state index contributed by atoms with van der Waals surface area (Å²) in [7, 11) is 1.60. The Morgan fingerprint density at radius 1 is 1.28 bits per heavy atom. The first kappa shape index (κ1) is 12.4. The number of rotatable bonds is 3. The lowest BCUT2D eigenvalue weighted by Gasteiger charge is -2.15. The van der Waals surface area contributed by atoms with Crippen LogP contribution in [0.2, 0.25) is 0 Å². The van der Waals surface area contributed by atoms with Crippen molar-refractivity contribution in [2.75, 3.05) is 7.11 Å². The fourth-order valence-electron chi connectivity index (χ4n) is 2.30. The topological polar surface area (TPSA) is 46.5 Å². The molecule has 0 radical (unpaired) electrons. The molecule has 0 aliphatic rings. The number of aromatic hydroxyl groups is 1. The van der Waals surface area contributed by atoms with E-state index in [-0.39, 0.29) is 18.0 Å². The summed E-state index contributed by atoms with van der Waals surface area (Å²) >= 11 is 0. The molecule has 2 aromatic carbocycles. The molecule has 0 aromatic heterocycles. The first-order valence-electron chi connectivity index (χ1n) is 5.82. The number of Topliss-reactive ketones (excluding diaryl/α,β-unsaturated/α-hetero) is 1. The van der Waals surface area contributed by atoms with Crippen molar-refractivity contribution in [2.24, 2.45) is 0 Å². The number of ether oxygens (including phenoxy) is 1. The fraction of sp³-hybridized carbons (Fsp3) is 0.267. The van der Waals surface area contributed by atoms with Crippen LogP contribution in [0.5, 0.6) is 11.5 Å². The number of hydrogen-bond donors (Lipinski definition) is 1. The summed E-state index contributed by atoms with van der Waals surface area (Å²) in [4.78, 5) is 11.3. The summed E-state index contributed by atoms with van der Waals surface area (Å²) in [6.45, 7) is 3.38. The normalized spacial score (nSPS) is 10.6. The molecule has 0 bridgehead atoms. The molecule has 0 fully saturated rings. The molecule has 0 aliphatic carbocycles. The van der Waals surface area contributed by atoms with Crippen molar-refractivity contribution in [3.8, 4) is 11.5 Å². The van der Waals surface area contributed by atoms with Crippen LogP contribution in [-0.2, 0) is 11.2 Å². The van der Waals surface area contributed by atoms with Gasteiger partial charge < -0.3 is 9.84 Å². The molecule has 2 rings (SSSR count). The zero-order chi connectivity index (χ0) is 13.3. The number of fused-ring (bicyclic) bond motifs is 1. The fourth-order valence-corrected chi connectivity index (χ4v) is 2.30. The Morgan fingerprint density at radius 3 is 2.44 bits per heavy atom. The Bertz CT molecular complexity index is 615. The average molecular weight is 244 g/mol. The van der Waals surface area contributed by atoms with Gasteiger partial charge in [0.05, 0.1) is 7.11 Å². The predicted molar refractivity (Wildman–Crippen MR) is 71.3 cm³/mol. The van der Waals surface area contributed by atoms with Crippen molar-refractivity contribution < 1.29 is 14.6 Å². The van der Waals surface area contributed by atoms with Gasteiger partial charge in [0, 0.05) is 22.8 Å². The number of carbonyl (C=O) groups is 1. The third-order valence-electron chi connectivity index (χ3n) is 3.14. The quantitative estimate of drug-likeness (QED) is 0.902. The molecule has 3 heteroatoms. The van der Waals surface area contributed by atoms with E-state index in [1.807, 2.05) is 31.2 Å². The van der Waals surface area contributed by atoms with Gasteiger partial charge in [-0.15, -0.1) is 0 Å². The van der Waals surface area contributed by atoms with Crippen LogP contribution in [-0.4, -0.2) is 18.0 Å². The molecule has 2 aromatic rings. The van der Waals surface area contributed by atoms with Gasteiger partial charge in [-0.05, 0) is 19.4 Å². The Morgan fingerprint density at radius 2 is 1.89 bits per heavy atom. The van der Waals surface area contributed by atoms with Crippen LogP contribution >= 0.6 is 0 Å². The molecule has 0 saturated carbocycles. The minimum absolute atomic E-state index is 0.0192.